The minimum absolute atomic E-state index is 0.0602. The van der Waals surface area contributed by atoms with Crippen LogP contribution in [0.5, 0.6) is 0 Å². The zero-order valence-corrected chi connectivity index (χ0v) is 14.0. The highest BCUT2D eigenvalue weighted by atomic mass is 32.2. The van der Waals surface area contributed by atoms with Crippen molar-refractivity contribution in [3.8, 4) is 0 Å². The van der Waals surface area contributed by atoms with E-state index in [1.54, 1.807) is 11.6 Å². The van der Waals surface area contributed by atoms with Gasteiger partial charge in [-0.1, -0.05) is 0 Å². The lowest BCUT2D eigenvalue weighted by atomic mass is 10.0. The zero-order chi connectivity index (χ0) is 16.1. The number of imidazole rings is 1. The summed E-state index contributed by atoms with van der Waals surface area (Å²) < 4.78 is 28.7. The number of sulfonamides is 1. The molecule has 1 aromatic rings. The number of carbonyl (C=O) groups is 1. The van der Waals surface area contributed by atoms with E-state index in [4.69, 9.17) is 0 Å². The molecule has 0 spiro atoms. The summed E-state index contributed by atoms with van der Waals surface area (Å²) in [5, 5.41) is 0.0602. The van der Waals surface area contributed by atoms with Crippen molar-refractivity contribution < 1.29 is 13.2 Å². The van der Waals surface area contributed by atoms with E-state index in [1.807, 2.05) is 18.7 Å². The number of aryl methyl sites for hydroxylation is 1. The van der Waals surface area contributed by atoms with Crippen LogP contribution >= 0.6 is 0 Å². The molecule has 0 unspecified atom stereocenters. The molecule has 0 bridgehead atoms. The van der Waals surface area contributed by atoms with E-state index in [9.17, 15) is 13.2 Å². The lowest BCUT2D eigenvalue weighted by Gasteiger charge is -2.45. The topological polar surface area (TPSA) is 75.5 Å². The van der Waals surface area contributed by atoms with Crippen LogP contribution in [0.25, 0.3) is 0 Å². The fourth-order valence-electron chi connectivity index (χ4n) is 3.00. The van der Waals surface area contributed by atoms with E-state index in [1.165, 1.54) is 16.8 Å². The molecule has 1 aliphatic carbocycles. The van der Waals surface area contributed by atoms with E-state index in [-0.39, 0.29) is 16.9 Å². The maximum absolute atomic E-state index is 12.8. The first-order chi connectivity index (χ1) is 10.2. The Kier molecular flexibility index (Phi) is 3.56. The Morgan fingerprint density at radius 2 is 2.00 bits per heavy atom. The van der Waals surface area contributed by atoms with Gasteiger partial charge in [0, 0.05) is 44.3 Å². The predicted octanol–water partition coefficient (Wildman–Crippen LogP) is 0.442. The highest BCUT2D eigenvalue weighted by Gasteiger charge is 2.45. The Morgan fingerprint density at radius 3 is 2.50 bits per heavy atom. The van der Waals surface area contributed by atoms with Crippen LogP contribution in [0.15, 0.2) is 17.6 Å². The molecule has 0 N–H and O–H groups in total. The van der Waals surface area contributed by atoms with Gasteiger partial charge in [0.2, 0.25) is 5.91 Å². The molecular formula is C14H22N4O3S. The Labute approximate surface area is 131 Å². The van der Waals surface area contributed by atoms with Crippen molar-refractivity contribution in [1.82, 2.24) is 18.8 Å². The van der Waals surface area contributed by atoms with Crippen LogP contribution in [0.2, 0.25) is 0 Å². The molecule has 8 heteroatoms. The number of nitrogens with zero attached hydrogens (tertiary/aromatic N) is 4. The van der Waals surface area contributed by atoms with Crippen molar-refractivity contribution in [2.24, 2.45) is 13.0 Å². The van der Waals surface area contributed by atoms with E-state index in [2.05, 4.69) is 4.98 Å². The molecule has 0 radical (unpaired) electrons. The van der Waals surface area contributed by atoms with Gasteiger partial charge in [0.15, 0.2) is 5.03 Å². The van der Waals surface area contributed by atoms with Crippen LogP contribution in [-0.2, 0) is 21.9 Å². The van der Waals surface area contributed by atoms with Gasteiger partial charge >= 0.3 is 0 Å². The van der Waals surface area contributed by atoms with Crippen LogP contribution in [0.4, 0.5) is 0 Å². The summed E-state index contributed by atoms with van der Waals surface area (Å²) in [5.41, 5.74) is -0.640. The largest absolute Gasteiger partial charge is 0.339 e. The second kappa shape index (κ2) is 5.06. The average Bonchev–Trinajstić information content (AvgIpc) is 3.18. The van der Waals surface area contributed by atoms with Crippen molar-refractivity contribution in [2.75, 3.05) is 19.6 Å². The maximum Gasteiger partial charge on any atom is 0.262 e. The molecule has 2 fully saturated rings. The van der Waals surface area contributed by atoms with Crippen molar-refractivity contribution in [2.45, 2.75) is 37.3 Å². The minimum Gasteiger partial charge on any atom is -0.339 e. The first-order valence-corrected chi connectivity index (χ1v) is 8.95. The Morgan fingerprint density at radius 1 is 1.32 bits per heavy atom. The predicted molar refractivity (Wildman–Crippen MR) is 80.5 cm³/mol. The molecule has 1 aromatic heterocycles. The lowest BCUT2D eigenvalue weighted by Crippen LogP contribution is -2.62. The van der Waals surface area contributed by atoms with Gasteiger partial charge in [0.25, 0.3) is 10.0 Å². The molecule has 0 atom stereocenters. The third-order valence-electron chi connectivity index (χ3n) is 4.30. The van der Waals surface area contributed by atoms with Crippen LogP contribution in [0, 0.1) is 5.92 Å². The van der Waals surface area contributed by atoms with Gasteiger partial charge in [-0.3, -0.25) is 4.79 Å². The average molecular weight is 326 g/mol. The molecule has 1 saturated carbocycles. The maximum atomic E-state index is 12.8. The Balaban J connectivity index is 1.82. The standard InChI is InChI=1S/C14H22N4O3S/c1-14(2)9-17(13(19)11-4-5-11)6-7-18(14)22(20,21)12-8-16(3)10-15-12/h8,10-11H,4-7,9H2,1-3H3. The summed E-state index contributed by atoms with van der Waals surface area (Å²) in [7, 11) is -1.90. The van der Waals surface area contributed by atoms with Crippen molar-refractivity contribution in [3.05, 3.63) is 12.5 Å². The quantitative estimate of drug-likeness (QED) is 0.808. The zero-order valence-electron chi connectivity index (χ0n) is 13.2. The minimum atomic E-state index is -3.64. The normalized spacial score (nSPS) is 22.8. The summed E-state index contributed by atoms with van der Waals surface area (Å²) >= 11 is 0. The van der Waals surface area contributed by atoms with Gasteiger partial charge in [0.05, 0.1) is 6.33 Å². The highest BCUT2D eigenvalue weighted by Crippen LogP contribution is 2.34. The molecule has 1 amide bonds. The summed E-state index contributed by atoms with van der Waals surface area (Å²) in [5.74, 6) is 0.331. The number of rotatable bonds is 3. The lowest BCUT2D eigenvalue weighted by molar-refractivity contribution is -0.136. The molecule has 22 heavy (non-hydrogen) atoms. The van der Waals surface area contributed by atoms with E-state index >= 15 is 0 Å². The molecule has 2 aliphatic rings. The number of amides is 1. The fourth-order valence-corrected chi connectivity index (χ4v) is 4.73. The fraction of sp³-hybridized carbons (Fsp3) is 0.714. The second-order valence-corrected chi connectivity index (χ2v) is 8.61. The van der Waals surface area contributed by atoms with Crippen LogP contribution < -0.4 is 0 Å². The molecule has 2 heterocycles. The van der Waals surface area contributed by atoms with Gasteiger partial charge in [-0.2, -0.15) is 4.31 Å². The first-order valence-electron chi connectivity index (χ1n) is 7.51. The van der Waals surface area contributed by atoms with Gasteiger partial charge in [-0.15, -0.1) is 0 Å². The number of hydrogen-bond donors (Lipinski definition) is 0. The van der Waals surface area contributed by atoms with Crippen molar-refractivity contribution >= 4 is 15.9 Å². The summed E-state index contributed by atoms with van der Waals surface area (Å²) in [4.78, 5) is 18.0. The monoisotopic (exact) mass is 326 g/mol. The van der Waals surface area contributed by atoms with Gasteiger partial charge in [0.1, 0.15) is 0 Å². The molecule has 122 valence electrons. The van der Waals surface area contributed by atoms with E-state index in [0.29, 0.717) is 19.6 Å². The number of aromatic nitrogens is 2. The summed E-state index contributed by atoms with van der Waals surface area (Å²) in [6.07, 6.45) is 4.91. The summed E-state index contributed by atoms with van der Waals surface area (Å²) in [6, 6.07) is 0. The van der Waals surface area contributed by atoms with E-state index < -0.39 is 15.6 Å². The first kappa shape index (κ1) is 15.5. The summed E-state index contributed by atoms with van der Waals surface area (Å²) in [6.45, 7) is 4.91. The Hall–Kier alpha value is -1.41. The third-order valence-corrected chi connectivity index (χ3v) is 6.30. The molecule has 3 rings (SSSR count). The molecular weight excluding hydrogens is 304 g/mol. The Bertz CT molecular complexity index is 691. The van der Waals surface area contributed by atoms with Crippen LogP contribution in [0.3, 0.4) is 0 Å². The van der Waals surface area contributed by atoms with Gasteiger partial charge in [-0.25, -0.2) is 13.4 Å². The third kappa shape index (κ3) is 2.65. The smallest absolute Gasteiger partial charge is 0.262 e. The van der Waals surface area contributed by atoms with Gasteiger partial charge < -0.3 is 9.47 Å². The van der Waals surface area contributed by atoms with Crippen molar-refractivity contribution in [3.63, 3.8) is 0 Å². The number of piperazine rings is 1. The molecule has 7 nitrogen and oxygen atoms in total. The molecule has 1 saturated heterocycles. The molecule has 0 aromatic carbocycles. The number of hydrogen-bond acceptors (Lipinski definition) is 4. The van der Waals surface area contributed by atoms with Gasteiger partial charge in [-0.05, 0) is 26.7 Å². The van der Waals surface area contributed by atoms with Crippen molar-refractivity contribution in [1.29, 1.82) is 0 Å². The SMILES string of the molecule is Cn1cnc(S(=O)(=O)N2CCN(C(=O)C3CC3)CC2(C)C)c1. The van der Waals surface area contributed by atoms with E-state index in [0.717, 1.165) is 12.8 Å². The highest BCUT2D eigenvalue weighted by molar-refractivity contribution is 7.89. The number of carbonyl (C=O) groups excluding carboxylic acids is 1. The second-order valence-electron chi connectivity index (χ2n) is 6.80. The molecule has 1 aliphatic heterocycles. The van der Waals surface area contributed by atoms with Crippen LogP contribution in [-0.4, -0.2) is 58.3 Å². The van der Waals surface area contributed by atoms with Crippen LogP contribution in [0.1, 0.15) is 26.7 Å².